The van der Waals surface area contributed by atoms with Crippen molar-refractivity contribution in [3.8, 4) is 11.5 Å². The van der Waals surface area contributed by atoms with Gasteiger partial charge in [-0.25, -0.2) is 0 Å². The van der Waals surface area contributed by atoms with Crippen LogP contribution in [0.1, 0.15) is 15.9 Å². The quantitative estimate of drug-likeness (QED) is 0.566. The molecule has 4 rings (SSSR count). The summed E-state index contributed by atoms with van der Waals surface area (Å²) in [6, 6.07) is 10.8. The van der Waals surface area contributed by atoms with Crippen molar-refractivity contribution in [1.29, 1.82) is 0 Å². The first-order chi connectivity index (χ1) is 12.7. The first kappa shape index (κ1) is 16.0. The zero-order valence-corrected chi connectivity index (χ0v) is 14.6. The van der Waals surface area contributed by atoms with Crippen LogP contribution in [0.4, 0.5) is 0 Å². The number of carbonyl (C=O) groups excluding carboxylic acids is 1. The third-order valence-electron chi connectivity index (χ3n) is 4.37. The number of aromatic nitrogens is 4. The van der Waals surface area contributed by atoms with Gasteiger partial charge < -0.3 is 9.47 Å². The fraction of sp³-hybridized carbons (Fsp3) is 0.158. The van der Waals surface area contributed by atoms with Gasteiger partial charge in [-0.1, -0.05) is 18.2 Å². The zero-order chi connectivity index (χ0) is 18.3. The Morgan fingerprint density at radius 2 is 1.81 bits per heavy atom. The van der Waals surface area contributed by atoms with Crippen LogP contribution in [0.5, 0.6) is 11.5 Å². The molecule has 26 heavy (non-hydrogen) atoms. The topological polar surface area (TPSA) is 79.1 Å². The predicted octanol–water partition coefficient (Wildman–Crippen LogP) is 2.99. The Balaban J connectivity index is 1.97. The molecule has 2 aromatic carbocycles. The second-order valence-corrected chi connectivity index (χ2v) is 5.80. The lowest BCUT2D eigenvalue weighted by atomic mass is 10.1. The molecule has 0 amide bonds. The van der Waals surface area contributed by atoms with E-state index in [1.54, 1.807) is 44.7 Å². The molecular formula is C19H16N4O3. The highest BCUT2D eigenvalue weighted by molar-refractivity contribution is 6.08. The SMILES string of the molecule is COc1cc2c(nnc3c2cnn3C(=O)c2ccccc2)c(C)c1OC. The van der Waals surface area contributed by atoms with Gasteiger partial charge in [0.05, 0.1) is 25.8 Å². The number of methoxy groups -OCH3 is 2. The Hall–Kier alpha value is -3.48. The van der Waals surface area contributed by atoms with Crippen LogP contribution in [0.2, 0.25) is 0 Å². The van der Waals surface area contributed by atoms with Gasteiger partial charge in [0.2, 0.25) is 0 Å². The van der Waals surface area contributed by atoms with E-state index in [1.165, 1.54) is 4.68 Å². The number of hydrogen-bond donors (Lipinski definition) is 0. The minimum atomic E-state index is -0.258. The normalized spacial score (nSPS) is 11.0. The number of nitrogens with zero attached hydrogens (tertiary/aromatic N) is 4. The summed E-state index contributed by atoms with van der Waals surface area (Å²) in [4.78, 5) is 12.7. The van der Waals surface area contributed by atoms with E-state index >= 15 is 0 Å². The molecule has 0 saturated carbocycles. The van der Waals surface area contributed by atoms with Crippen LogP contribution in [0.3, 0.4) is 0 Å². The van der Waals surface area contributed by atoms with Crippen molar-refractivity contribution < 1.29 is 14.3 Å². The maximum atomic E-state index is 12.7. The molecule has 2 heterocycles. The van der Waals surface area contributed by atoms with Crippen molar-refractivity contribution in [1.82, 2.24) is 20.0 Å². The highest BCUT2D eigenvalue weighted by Gasteiger charge is 2.20. The highest BCUT2D eigenvalue weighted by Crippen LogP contribution is 2.37. The van der Waals surface area contributed by atoms with Gasteiger partial charge >= 0.3 is 0 Å². The van der Waals surface area contributed by atoms with Crippen LogP contribution in [-0.4, -0.2) is 40.1 Å². The predicted molar refractivity (Wildman–Crippen MR) is 96.8 cm³/mol. The minimum Gasteiger partial charge on any atom is -0.493 e. The van der Waals surface area contributed by atoms with E-state index in [9.17, 15) is 4.79 Å². The monoisotopic (exact) mass is 348 g/mol. The Kier molecular flexibility index (Phi) is 3.76. The van der Waals surface area contributed by atoms with E-state index < -0.39 is 0 Å². The molecule has 0 saturated heterocycles. The third kappa shape index (κ3) is 2.28. The Bertz CT molecular complexity index is 1140. The average molecular weight is 348 g/mol. The third-order valence-corrected chi connectivity index (χ3v) is 4.37. The number of fused-ring (bicyclic) bond motifs is 3. The summed E-state index contributed by atoms with van der Waals surface area (Å²) in [6.07, 6.45) is 1.62. The first-order valence-corrected chi connectivity index (χ1v) is 8.01. The summed E-state index contributed by atoms with van der Waals surface area (Å²) in [5.41, 5.74) is 2.43. The summed E-state index contributed by atoms with van der Waals surface area (Å²) in [5, 5.41) is 14.3. The van der Waals surface area contributed by atoms with Gasteiger partial charge in [0, 0.05) is 16.5 Å². The van der Waals surface area contributed by atoms with E-state index in [4.69, 9.17) is 9.47 Å². The van der Waals surface area contributed by atoms with Crippen molar-refractivity contribution in [2.45, 2.75) is 6.92 Å². The number of benzene rings is 2. The van der Waals surface area contributed by atoms with Gasteiger partial charge in [-0.15, -0.1) is 10.2 Å². The lowest BCUT2D eigenvalue weighted by Crippen LogP contribution is -2.14. The van der Waals surface area contributed by atoms with Gasteiger partial charge in [0.15, 0.2) is 17.1 Å². The molecule has 7 nitrogen and oxygen atoms in total. The Labute approximate surface area is 149 Å². The largest absolute Gasteiger partial charge is 0.493 e. The molecule has 2 aromatic heterocycles. The van der Waals surface area contributed by atoms with E-state index in [1.807, 2.05) is 19.1 Å². The number of carbonyl (C=O) groups is 1. The van der Waals surface area contributed by atoms with Crippen molar-refractivity contribution in [2.24, 2.45) is 0 Å². The highest BCUT2D eigenvalue weighted by atomic mass is 16.5. The summed E-state index contributed by atoms with van der Waals surface area (Å²) in [7, 11) is 3.16. The van der Waals surface area contributed by atoms with Crippen molar-refractivity contribution in [3.05, 3.63) is 53.7 Å². The van der Waals surface area contributed by atoms with Gasteiger partial charge in [-0.2, -0.15) is 9.78 Å². The molecule has 4 aromatic rings. The van der Waals surface area contributed by atoms with Crippen LogP contribution in [0, 0.1) is 6.92 Å². The van der Waals surface area contributed by atoms with Crippen molar-refractivity contribution in [2.75, 3.05) is 14.2 Å². The summed E-state index contributed by atoms with van der Waals surface area (Å²) >= 11 is 0. The maximum Gasteiger partial charge on any atom is 0.280 e. The molecule has 0 spiro atoms. The smallest absolute Gasteiger partial charge is 0.280 e. The van der Waals surface area contributed by atoms with E-state index in [-0.39, 0.29) is 5.91 Å². The number of hydrogen-bond acceptors (Lipinski definition) is 6. The summed E-state index contributed by atoms with van der Waals surface area (Å²) < 4.78 is 12.1. The van der Waals surface area contributed by atoms with Crippen LogP contribution in [-0.2, 0) is 0 Å². The molecule has 0 aliphatic carbocycles. The molecule has 0 unspecified atom stereocenters. The number of aryl methyl sites for hydroxylation is 1. The van der Waals surface area contributed by atoms with E-state index in [0.717, 1.165) is 16.3 Å². The minimum absolute atomic E-state index is 0.258. The van der Waals surface area contributed by atoms with E-state index in [2.05, 4.69) is 15.3 Å². The standard InChI is InChI=1S/C19H16N4O3/c1-11-16-13(9-15(25-2)17(11)26-3)14-10-20-23(18(14)22-21-16)19(24)12-7-5-4-6-8-12/h4-10H,1-3H3. The van der Waals surface area contributed by atoms with Gasteiger partial charge in [0.25, 0.3) is 5.91 Å². The molecule has 0 fully saturated rings. The molecule has 0 aliphatic heterocycles. The maximum absolute atomic E-state index is 12.7. The first-order valence-electron chi connectivity index (χ1n) is 8.01. The Morgan fingerprint density at radius 3 is 2.50 bits per heavy atom. The van der Waals surface area contributed by atoms with Crippen LogP contribution < -0.4 is 9.47 Å². The van der Waals surface area contributed by atoms with E-state index in [0.29, 0.717) is 28.2 Å². The Morgan fingerprint density at radius 1 is 1.04 bits per heavy atom. The lowest BCUT2D eigenvalue weighted by molar-refractivity contribution is 0.0949. The molecule has 0 bridgehead atoms. The fourth-order valence-electron chi connectivity index (χ4n) is 3.08. The molecule has 0 aliphatic rings. The number of ether oxygens (including phenoxy) is 2. The lowest BCUT2D eigenvalue weighted by Gasteiger charge is -2.12. The summed E-state index contributed by atoms with van der Waals surface area (Å²) in [5.74, 6) is 0.946. The van der Waals surface area contributed by atoms with Crippen molar-refractivity contribution >= 4 is 27.8 Å². The van der Waals surface area contributed by atoms with Crippen LogP contribution in [0.25, 0.3) is 21.9 Å². The molecule has 0 radical (unpaired) electrons. The average Bonchev–Trinajstić information content (AvgIpc) is 3.12. The van der Waals surface area contributed by atoms with Gasteiger partial charge in [-0.05, 0) is 25.1 Å². The van der Waals surface area contributed by atoms with Gasteiger partial charge in [-0.3, -0.25) is 4.79 Å². The van der Waals surface area contributed by atoms with Gasteiger partial charge in [0.1, 0.15) is 5.52 Å². The molecule has 0 N–H and O–H groups in total. The summed E-state index contributed by atoms with van der Waals surface area (Å²) in [6.45, 7) is 1.89. The fourth-order valence-corrected chi connectivity index (χ4v) is 3.08. The second-order valence-electron chi connectivity index (χ2n) is 5.80. The zero-order valence-electron chi connectivity index (χ0n) is 14.6. The molecule has 7 heteroatoms. The van der Waals surface area contributed by atoms with Crippen molar-refractivity contribution in [3.63, 3.8) is 0 Å². The molecule has 130 valence electrons. The number of rotatable bonds is 3. The van der Waals surface area contributed by atoms with Crippen LogP contribution in [0.15, 0.2) is 42.6 Å². The second kappa shape index (κ2) is 6.11. The van der Waals surface area contributed by atoms with Crippen LogP contribution >= 0.6 is 0 Å². The molecular weight excluding hydrogens is 332 g/mol. The molecule has 0 atom stereocenters.